The van der Waals surface area contributed by atoms with E-state index in [4.69, 9.17) is 9.47 Å². The zero-order chi connectivity index (χ0) is 12.3. The first-order chi connectivity index (χ1) is 8.33. The van der Waals surface area contributed by atoms with Gasteiger partial charge < -0.3 is 19.7 Å². The van der Waals surface area contributed by atoms with Crippen molar-refractivity contribution in [2.45, 2.75) is 31.7 Å². The molecule has 102 valence electrons. The van der Waals surface area contributed by atoms with E-state index >= 15 is 0 Å². The van der Waals surface area contributed by atoms with Gasteiger partial charge in [0, 0.05) is 19.8 Å². The highest BCUT2D eigenvalue weighted by Crippen LogP contribution is 2.09. The van der Waals surface area contributed by atoms with Crippen molar-refractivity contribution < 1.29 is 9.47 Å². The number of hydrogen-bond acceptors (Lipinski definition) is 4. The molecule has 1 heterocycles. The third kappa shape index (κ3) is 7.71. The maximum atomic E-state index is 5.43. The summed E-state index contributed by atoms with van der Waals surface area (Å²) < 4.78 is 10.4. The van der Waals surface area contributed by atoms with Crippen LogP contribution in [0.15, 0.2) is 0 Å². The summed E-state index contributed by atoms with van der Waals surface area (Å²) in [5, 5.41) is 3.64. The molecule has 1 aliphatic heterocycles. The lowest BCUT2D eigenvalue weighted by Gasteiger charge is -2.16. The molecule has 0 aromatic rings. The Labute approximate surface area is 106 Å². The van der Waals surface area contributed by atoms with Crippen LogP contribution in [0, 0.1) is 0 Å². The smallest absolute Gasteiger partial charge is 0.0700 e. The van der Waals surface area contributed by atoms with E-state index in [0.717, 1.165) is 19.6 Å². The fourth-order valence-corrected chi connectivity index (χ4v) is 2.17. The zero-order valence-electron chi connectivity index (χ0n) is 11.4. The Balaban J connectivity index is 1.91. The molecule has 1 saturated heterocycles. The van der Waals surface area contributed by atoms with E-state index < -0.39 is 0 Å². The van der Waals surface area contributed by atoms with Gasteiger partial charge in [0.1, 0.15) is 0 Å². The normalized spacial score (nSPS) is 22.6. The van der Waals surface area contributed by atoms with Crippen molar-refractivity contribution in [3.05, 3.63) is 0 Å². The number of methoxy groups -OCH3 is 1. The van der Waals surface area contributed by atoms with Gasteiger partial charge in [-0.25, -0.2) is 0 Å². The van der Waals surface area contributed by atoms with Crippen LogP contribution in [0.25, 0.3) is 0 Å². The maximum absolute atomic E-state index is 5.43. The van der Waals surface area contributed by atoms with Crippen molar-refractivity contribution >= 4 is 0 Å². The quantitative estimate of drug-likeness (QED) is 0.649. The third-order valence-electron chi connectivity index (χ3n) is 3.28. The van der Waals surface area contributed by atoms with Crippen molar-refractivity contribution in [2.75, 3.05) is 53.6 Å². The Hall–Kier alpha value is -0.160. The standard InChI is InChI=1S/C13H28N2O2/c1-15-8-3-5-13(6-9-15)14-7-4-10-17-12-11-16-2/h13-14H,3-12H2,1-2H3. The summed E-state index contributed by atoms with van der Waals surface area (Å²) in [6, 6.07) is 0.707. The number of rotatable bonds is 8. The Bertz CT molecular complexity index is 179. The predicted octanol–water partition coefficient (Wildman–Crippen LogP) is 1.11. The van der Waals surface area contributed by atoms with E-state index in [9.17, 15) is 0 Å². The van der Waals surface area contributed by atoms with E-state index in [2.05, 4.69) is 17.3 Å². The minimum Gasteiger partial charge on any atom is -0.382 e. The lowest BCUT2D eigenvalue weighted by Crippen LogP contribution is -2.31. The molecule has 0 bridgehead atoms. The first-order valence-corrected chi connectivity index (χ1v) is 6.81. The number of nitrogens with one attached hydrogen (secondary N) is 1. The van der Waals surface area contributed by atoms with Gasteiger partial charge in [0.05, 0.1) is 13.2 Å². The van der Waals surface area contributed by atoms with Crippen LogP contribution in [-0.2, 0) is 9.47 Å². The number of nitrogens with zero attached hydrogens (tertiary/aromatic N) is 1. The lowest BCUT2D eigenvalue weighted by atomic mass is 10.1. The Kier molecular flexibility index (Phi) is 8.61. The van der Waals surface area contributed by atoms with E-state index in [-0.39, 0.29) is 0 Å². The first kappa shape index (κ1) is 14.9. The SMILES string of the molecule is COCCOCCCNC1CCCN(C)CC1. The van der Waals surface area contributed by atoms with E-state index in [0.29, 0.717) is 19.3 Å². The largest absolute Gasteiger partial charge is 0.382 e. The van der Waals surface area contributed by atoms with Crippen LogP contribution in [0.2, 0.25) is 0 Å². The third-order valence-corrected chi connectivity index (χ3v) is 3.28. The average Bonchev–Trinajstić information content (AvgIpc) is 2.53. The second kappa shape index (κ2) is 9.83. The Morgan fingerprint density at radius 1 is 1.18 bits per heavy atom. The van der Waals surface area contributed by atoms with Crippen molar-refractivity contribution in [3.8, 4) is 0 Å². The van der Waals surface area contributed by atoms with E-state index in [1.165, 1.54) is 32.4 Å². The van der Waals surface area contributed by atoms with Crippen LogP contribution in [0.5, 0.6) is 0 Å². The monoisotopic (exact) mass is 244 g/mol. The van der Waals surface area contributed by atoms with Crippen LogP contribution in [0.1, 0.15) is 25.7 Å². The summed E-state index contributed by atoms with van der Waals surface area (Å²) in [6.45, 7) is 5.79. The minimum absolute atomic E-state index is 0.697. The summed E-state index contributed by atoms with van der Waals surface area (Å²) in [5.74, 6) is 0. The molecule has 1 fully saturated rings. The highest BCUT2D eigenvalue weighted by Gasteiger charge is 2.13. The summed E-state index contributed by atoms with van der Waals surface area (Å²) in [6.07, 6.45) is 5.00. The molecular formula is C13H28N2O2. The van der Waals surface area contributed by atoms with Crippen LogP contribution in [-0.4, -0.2) is 64.6 Å². The first-order valence-electron chi connectivity index (χ1n) is 6.81. The van der Waals surface area contributed by atoms with Gasteiger partial charge in [-0.05, 0) is 52.4 Å². The summed E-state index contributed by atoms with van der Waals surface area (Å²) in [5.41, 5.74) is 0. The molecule has 4 heteroatoms. The van der Waals surface area contributed by atoms with Crippen LogP contribution >= 0.6 is 0 Å². The molecule has 1 atom stereocenters. The van der Waals surface area contributed by atoms with Gasteiger partial charge in [0.15, 0.2) is 0 Å². The lowest BCUT2D eigenvalue weighted by molar-refractivity contribution is 0.0692. The van der Waals surface area contributed by atoms with Gasteiger partial charge in [-0.3, -0.25) is 0 Å². The summed E-state index contributed by atoms with van der Waals surface area (Å²) in [7, 11) is 3.92. The molecule has 0 aromatic heterocycles. The predicted molar refractivity (Wildman–Crippen MR) is 70.5 cm³/mol. The molecule has 1 unspecified atom stereocenters. The summed E-state index contributed by atoms with van der Waals surface area (Å²) in [4.78, 5) is 2.43. The molecular weight excluding hydrogens is 216 g/mol. The number of likely N-dealkylation sites (tertiary alicyclic amines) is 1. The van der Waals surface area contributed by atoms with Crippen LogP contribution < -0.4 is 5.32 Å². The second-order valence-corrected chi connectivity index (χ2v) is 4.84. The van der Waals surface area contributed by atoms with Gasteiger partial charge in [0.2, 0.25) is 0 Å². The highest BCUT2D eigenvalue weighted by atomic mass is 16.5. The molecule has 1 aliphatic rings. The number of ether oxygens (including phenoxy) is 2. The van der Waals surface area contributed by atoms with Gasteiger partial charge in [-0.15, -0.1) is 0 Å². The van der Waals surface area contributed by atoms with Crippen LogP contribution in [0.4, 0.5) is 0 Å². The molecule has 0 amide bonds. The molecule has 0 saturated carbocycles. The summed E-state index contributed by atoms with van der Waals surface area (Å²) >= 11 is 0. The van der Waals surface area contributed by atoms with E-state index in [1.54, 1.807) is 7.11 Å². The average molecular weight is 244 g/mol. The Morgan fingerprint density at radius 2 is 2.06 bits per heavy atom. The number of hydrogen-bond donors (Lipinski definition) is 1. The molecule has 0 aromatic carbocycles. The van der Waals surface area contributed by atoms with Gasteiger partial charge in [0.25, 0.3) is 0 Å². The van der Waals surface area contributed by atoms with Crippen molar-refractivity contribution in [1.29, 1.82) is 0 Å². The topological polar surface area (TPSA) is 33.7 Å². The van der Waals surface area contributed by atoms with Crippen molar-refractivity contribution in [1.82, 2.24) is 10.2 Å². The maximum Gasteiger partial charge on any atom is 0.0700 e. The second-order valence-electron chi connectivity index (χ2n) is 4.84. The zero-order valence-corrected chi connectivity index (χ0v) is 11.4. The van der Waals surface area contributed by atoms with Crippen LogP contribution in [0.3, 0.4) is 0 Å². The van der Waals surface area contributed by atoms with E-state index in [1.807, 2.05) is 0 Å². The minimum atomic E-state index is 0.697. The fourth-order valence-electron chi connectivity index (χ4n) is 2.17. The molecule has 0 spiro atoms. The molecule has 4 nitrogen and oxygen atoms in total. The Morgan fingerprint density at radius 3 is 2.88 bits per heavy atom. The molecule has 1 N–H and O–H groups in total. The van der Waals surface area contributed by atoms with Gasteiger partial charge in [-0.2, -0.15) is 0 Å². The highest BCUT2D eigenvalue weighted by molar-refractivity contribution is 4.73. The van der Waals surface area contributed by atoms with Gasteiger partial charge >= 0.3 is 0 Å². The van der Waals surface area contributed by atoms with Crippen molar-refractivity contribution in [3.63, 3.8) is 0 Å². The molecule has 0 radical (unpaired) electrons. The molecule has 17 heavy (non-hydrogen) atoms. The molecule has 0 aliphatic carbocycles. The molecule has 1 rings (SSSR count). The fraction of sp³-hybridized carbons (Fsp3) is 1.00. The van der Waals surface area contributed by atoms with Crippen molar-refractivity contribution in [2.24, 2.45) is 0 Å². The van der Waals surface area contributed by atoms with Gasteiger partial charge in [-0.1, -0.05) is 0 Å².